The standard InChI is InChI=1S/C16H19N3OS/c1-13-4-2-6-15(17-13)16(20)19-9-7-18(8-10-19)12-14-5-3-11-21-14/h2-6,11H,7-10,12H2,1H3. The largest absolute Gasteiger partial charge is 0.335 e. The van der Waals surface area contributed by atoms with Gasteiger partial charge in [-0.05, 0) is 30.5 Å². The van der Waals surface area contributed by atoms with E-state index in [0.717, 1.165) is 38.4 Å². The Morgan fingerprint density at radius 3 is 2.67 bits per heavy atom. The molecule has 1 aliphatic heterocycles. The number of amides is 1. The summed E-state index contributed by atoms with van der Waals surface area (Å²) in [6.07, 6.45) is 0. The van der Waals surface area contributed by atoms with Crippen LogP contribution in [-0.2, 0) is 6.54 Å². The molecule has 21 heavy (non-hydrogen) atoms. The van der Waals surface area contributed by atoms with Crippen LogP contribution in [0.25, 0.3) is 0 Å². The molecule has 0 spiro atoms. The first-order valence-corrected chi connectivity index (χ1v) is 8.08. The smallest absolute Gasteiger partial charge is 0.272 e. The maximum absolute atomic E-state index is 12.4. The van der Waals surface area contributed by atoms with Gasteiger partial charge in [0.15, 0.2) is 0 Å². The van der Waals surface area contributed by atoms with Gasteiger partial charge in [0.1, 0.15) is 5.69 Å². The minimum absolute atomic E-state index is 0.0504. The monoisotopic (exact) mass is 301 g/mol. The minimum atomic E-state index is 0.0504. The van der Waals surface area contributed by atoms with Crippen molar-refractivity contribution in [3.05, 3.63) is 52.0 Å². The van der Waals surface area contributed by atoms with Gasteiger partial charge in [0.25, 0.3) is 5.91 Å². The molecule has 1 saturated heterocycles. The lowest BCUT2D eigenvalue weighted by Crippen LogP contribution is -2.48. The highest BCUT2D eigenvalue weighted by molar-refractivity contribution is 7.09. The third kappa shape index (κ3) is 3.49. The molecule has 2 aromatic rings. The summed E-state index contributed by atoms with van der Waals surface area (Å²) in [5.41, 5.74) is 1.44. The highest BCUT2D eigenvalue weighted by Gasteiger charge is 2.23. The van der Waals surface area contributed by atoms with Gasteiger partial charge in [-0.1, -0.05) is 12.1 Å². The summed E-state index contributed by atoms with van der Waals surface area (Å²) >= 11 is 1.79. The van der Waals surface area contributed by atoms with Crippen LogP contribution in [0.2, 0.25) is 0 Å². The van der Waals surface area contributed by atoms with Crippen LogP contribution in [0.15, 0.2) is 35.7 Å². The predicted octanol–water partition coefficient (Wildman–Crippen LogP) is 2.41. The second kappa shape index (κ2) is 6.37. The van der Waals surface area contributed by atoms with E-state index in [4.69, 9.17) is 0 Å². The van der Waals surface area contributed by atoms with Crippen LogP contribution >= 0.6 is 11.3 Å². The van der Waals surface area contributed by atoms with Gasteiger partial charge >= 0.3 is 0 Å². The third-order valence-electron chi connectivity index (χ3n) is 3.73. The van der Waals surface area contributed by atoms with Crippen molar-refractivity contribution >= 4 is 17.2 Å². The first-order chi connectivity index (χ1) is 10.2. The molecular formula is C16H19N3OS. The summed E-state index contributed by atoms with van der Waals surface area (Å²) in [5.74, 6) is 0.0504. The number of carbonyl (C=O) groups excluding carboxylic acids is 1. The molecule has 0 unspecified atom stereocenters. The van der Waals surface area contributed by atoms with Gasteiger partial charge in [0.2, 0.25) is 0 Å². The Hall–Kier alpha value is -1.72. The predicted molar refractivity (Wildman–Crippen MR) is 84.5 cm³/mol. The van der Waals surface area contributed by atoms with E-state index in [2.05, 4.69) is 27.4 Å². The second-order valence-electron chi connectivity index (χ2n) is 5.31. The Morgan fingerprint density at radius 1 is 1.19 bits per heavy atom. The Balaban J connectivity index is 1.57. The second-order valence-corrected chi connectivity index (χ2v) is 6.34. The number of aryl methyl sites for hydroxylation is 1. The van der Waals surface area contributed by atoms with Crippen molar-refractivity contribution in [3.63, 3.8) is 0 Å². The Morgan fingerprint density at radius 2 is 2.00 bits per heavy atom. The summed E-state index contributed by atoms with van der Waals surface area (Å²) in [4.78, 5) is 22.4. The minimum Gasteiger partial charge on any atom is -0.335 e. The highest BCUT2D eigenvalue weighted by atomic mass is 32.1. The highest BCUT2D eigenvalue weighted by Crippen LogP contribution is 2.14. The van der Waals surface area contributed by atoms with E-state index in [1.54, 1.807) is 17.4 Å². The first kappa shape index (κ1) is 14.2. The number of piperazine rings is 1. The molecule has 0 aliphatic carbocycles. The Bertz CT molecular complexity index is 604. The van der Waals surface area contributed by atoms with Crippen LogP contribution in [0.1, 0.15) is 21.1 Å². The van der Waals surface area contributed by atoms with E-state index >= 15 is 0 Å². The molecule has 1 aliphatic rings. The zero-order valence-corrected chi connectivity index (χ0v) is 13.0. The summed E-state index contributed by atoms with van der Waals surface area (Å²) in [5, 5.41) is 2.11. The van der Waals surface area contributed by atoms with Crippen LogP contribution in [0.3, 0.4) is 0 Å². The number of hydrogen-bond acceptors (Lipinski definition) is 4. The van der Waals surface area contributed by atoms with E-state index in [1.165, 1.54) is 4.88 Å². The van der Waals surface area contributed by atoms with Crippen molar-refractivity contribution in [2.24, 2.45) is 0 Å². The molecule has 0 aromatic carbocycles. The Labute approximate surface area is 129 Å². The molecule has 1 amide bonds. The molecule has 3 rings (SSSR count). The number of rotatable bonds is 3. The number of aromatic nitrogens is 1. The van der Waals surface area contributed by atoms with Crippen LogP contribution < -0.4 is 0 Å². The van der Waals surface area contributed by atoms with Crippen molar-refractivity contribution in [3.8, 4) is 0 Å². The van der Waals surface area contributed by atoms with Gasteiger partial charge in [-0.2, -0.15) is 0 Å². The summed E-state index contributed by atoms with van der Waals surface area (Å²) in [6.45, 7) is 6.31. The lowest BCUT2D eigenvalue weighted by molar-refractivity contribution is 0.0623. The van der Waals surface area contributed by atoms with Crippen LogP contribution in [-0.4, -0.2) is 46.9 Å². The molecule has 0 atom stereocenters. The van der Waals surface area contributed by atoms with Crippen molar-refractivity contribution < 1.29 is 4.79 Å². The molecule has 5 heteroatoms. The Kier molecular flexibility index (Phi) is 4.31. The summed E-state index contributed by atoms with van der Waals surface area (Å²) < 4.78 is 0. The van der Waals surface area contributed by atoms with Gasteiger partial charge < -0.3 is 4.90 Å². The zero-order chi connectivity index (χ0) is 14.7. The molecule has 3 heterocycles. The van der Waals surface area contributed by atoms with E-state index in [9.17, 15) is 4.79 Å². The maximum atomic E-state index is 12.4. The average molecular weight is 301 g/mol. The topological polar surface area (TPSA) is 36.4 Å². The van der Waals surface area contributed by atoms with E-state index in [1.807, 2.05) is 24.0 Å². The molecule has 0 bridgehead atoms. The first-order valence-electron chi connectivity index (χ1n) is 7.20. The van der Waals surface area contributed by atoms with E-state index in [-0.39, 0.29) is 5.91 Å². The molecule has 2 aromatic heterocycles. The van der Waals surface area contributed by atoms with Crippen LogP contribution in [0, 0.1) is 6.92 Å². The van der Waals surface area contributed by atoms with Crippen molar-refractivity contribution in [1.82, 2.24) is 14.8 Å². The summed E-state index contributed by atoms with van der Waals surface area (Å²) in [6, 6.07) is 9.85. The van der Waals surface area contributed by atoms with Crippen molar-refractivity contribution in [2.75, 3.05) is 26.2 Å². The molecular weight excluding hydrogens is 282 g/mol. The number of thiophene rings is 1. The number of pyridine rings is 1. The maximum Gasteiger partial charge on any atom is 0.272 e. The van der Waals surface area contributed by atoms with E-state index < -0.39 is 0 Å². The van der Waals surface area contributed by atoms with Gasteiger partial charge in [-0.3, -0.25) is 9.69 Å². The molecule has 0 N–H and O–H groups in total. The van der Waals surface area contributed by atoms with E-state index in [0.29, 0.717) is 5.69 Å². The number of nitrogens with zero attached hydrogens (tertiary/aromatic N) is 3. The van der Waals surface area contributed by atoms with Crippen molar-refractivity contribution in [1.29, 1.82) is 0 Å². The van der Waals surface area contributed by atoms with Crippen LogP contribution in [0.4, 0.5) is 0 Å². The molecule has 0 saturated carbocycles. The van der Waals surface area contributed by atoms with Gasteiger partial charge in [-0.15, -0.1) is 11.3 Å². The summed E-state index contributed by atoms with van der Waals surface area (Å²) in [7, 11) is 0. The molecule has 1 fully saturated rings. The average Bonchev–Trinajstić information content (AvgIpc) is 3.00. The van der Waals surface area contributed by atoms with Gasteiger partial charge in [0, 0.05) is 43.3 Å². The fraction of sp³-hybridized carbons (Fsp3) is 0.375. The third-order valence-corrected chi connectivity index (χ3v) is 4.59. The van der Waals surface area contributed by atoms with Gasteiger partial charge in [-0.25, -0.2) is 4.98 Å². The fourth-order valence-corrected chi connectivity index (χ4v) is 3.30. The zero-order valence-electron chi connectivity index (χ0n) is 12.2. The number of hydrogen-bond donors (Lipinski definition) is 0. The van der Waals surface area contributed by atoms with Crippen molar-refractivity contribution in [2.45, 2.75) is 13.5 Å². The van der Waals surface area contributed by atoms with Crippen LogP contribution in [0.5, 0.6) is 0 Å². The number of carbonyl (C=O) groups is 1. The molecule has 110 valence electrons. The fourth-order valence-electron chi connectivity index (χ4n) is 2.56. The lowest BCUT2D eigenvalue weighted by atomic mass is 10.2. The normalized spacial score (nSPS) is 16.1. The quantitative estimate of drug-likeness (QED) is 0.873. The molecule has 0 radical (unpaired) electrons. The molecule has 4 nitrogen and oxygen atoms in total. The lowest BCUT2D eigenvalue weighted by Gasteiger charge is -2.34. The SMILES string of the molecule is Cc1cccc(C(=O)N2CCN(Cc3cccs3)CC2)n1. The van der Waals surface area contributed by atoms with Gasteiger partial charge in [0.05, 0.1) is 0 Å².